The van der Waals surface area contributed by atoms with Gasteiger partial charge in [-0.05, 0) is 19.3 Å². The van der Waals surface area contributed by atoms with Gasteiger partial charge in [0.2, 0.25) is 11.8 Å². The second-order valence-corrected chi connectivity index (χ2v) is 6.21. The van der Waals surface area contributed by atoms with Crippen molar-refractivity contribution in [2.75, 3.05) is 12.3 Å². The number of aliphatic carboxylic acids is 1. The Balaban J connectivity index is 4.84. The fourth-order valence-corrected chi connectivity index (χ4v) is 2.24. The minimum atomic E-state index is -1.17. The molecule has 150 valence electrons. The van der Waals surface area contributed by atoms with E-state index in [1.165, 1.54) is 0 Å². The molecule has 0 aliphatic rings. The molecule has 11 heteroatoms. The van der Waals surface area contributed by atoms with Crippen LogP contribution in [-0.2, 0) is 14.4 Å². The summed E-state index contributed by atoms with van der Waals surface area (Å²) in [5, 5.41) is 14.3. The number of carbonyl (C=O) groups is 3. The van der Waals surface area contributed by atoms with Crippen LogP contribution in [0.5, 0.6) is 0 Å². The molecular formula is C15H30N6O4S. The van der Waals surface area contributed by atoms with Crippen LogP contribution >= 0.6 is 12.6 Å². The van der Waals surface area contributed by atoms with Crippen LogP contribution in [0.15, 0.2) is 4.99 Å². The molecule has 9 N–H and O–H groups in total. The highest BCUT2D eigenvalue weighted by Crippen LogP contribution is 2.05. The molecule has 0 aliphatic carbocycles. The Labute approximate surface area is 158 Å². The quantitative estimate of drug-likeness (QED) is 0.0866. The molecule has 0 saturated carbocycles. The summed E-state index contributed by atoms with van der Waals surface area (Å²) in [4.78, 5) is 39.5. The maximum atomic E-state index is 12.4. The van der Waals surface area contributed by atoms with E-state index in [9.17, 15) is 19.5 Å². The van der Waals surface area contributed by atoms with Crippen molar-refractivity contribution in [3.63, 3.8) is 0 Å². The Morgan fingerprint density at radius 3 is 2.15 bits per heavy atom. The number of unbranched alkanes of at least 4 members (excludes halogenated alkanes) is 1. The number of hydrogen-bond donors (Lipinski definition) is 7. The summed E-state index contributed by atoms with van der Waals surface area (Å²) in [6, 6.07) is -2.80. The van der Waals surface area contributed by atoms with E-state index in [2.05, 4.69) is 28.3 Å². The van der Waals surface area contributed by atoms with Gasteiger partial charge in [0, 0.05) is 12.3 Å². The fraction of sp³-hybridized carbons (Fsp3) is 0.733. The number of carboxylic acids is 1. The summed E-state index contributed by atoms with van der Waals surface area (Å²) < 4.78 is 0. The average Bonchev–Trinajstić information content (AvgIpc) is 2.59. The van der Waals surface area contributed by atoms with E-state index in [1.54, 1.807) is 0 Å². The Morgan fingerprint density at radius 2 is 1.65 bits per heavy atom. The highest BCUT2D eigenvalue weighted by atomic mass is 32.1. The van der Waals surface area contributed by atoms with Gasteiger partial charge in [0.1, 0.15) is 12.1 Å². The van der Waals surface area contributed by atoms with E-state index in [1.807, 2.05) is 6.92 Å². The molecule has 0 radical (unpaired) electrons. The first-order valence-electron chi connectivity index (χ1n) is 8.48. The molecule has 3 atom stereocenters. The van der Waals surface area contributed by atoms with Crippen LogP contribution in [0.1, 0.15) is 39.0 Å². The standard InChI is InChI=1S/C15H30N6O4S/c1-2-3-5-10(20-12(22)9(16)8-26)13(23)21-11(14(24)25)6-4-7-19-15(17)18/h9-11,26H,2-8,16H2,1H3,(H,20,22)(H,21,23)(H,24,25)(H4,17,18,19)/t9-,10-,11-/m0/s1. The van der Waals surface area contributed by atoms with Gasteiger partial charge in [0.25, 0.3) is 0 Å². The van der Waals surface area contributed by atoms with Gasteiger partial charge in [-0.15, -0.1) is 0 Å². The molecule has 0 rings (SSSR count). The van der Waals surface area contributed by atoms with E-state index < -0.39 is 35.9 Å². The van der Waals surface area contributed by atoms with Crippen LogP contribution in [-0.4, -0.2) is 59.3 Å². The Hall–Kier alpha value is -2.01. The lowest BCUT2D eigenvalue weighted by Gasteiger charge is -2.22. The van der Waals surface area contributed by atoms with Crippen molar-refractivity contribution in [2.24, 2.45) is 22.2 Å². The lowest BCUT2D eigenvalue weighted by atomic mass is 10.1. The first-order chi connectivity index (χ1) is 12.2. The molecule has 0 spiro atoms. The Bertz CT molecular complexity index is 499. The van der Waals surface area contributed by atoms with E-state index in [0.29, 0.717) is 19.3 Å². The average molecular weight is 391 g/mol. The number of thiol groups is 1. The van der Waals surface area contributed by atoms with Crippen molar-refractivity contribution in [1.29, 1.82) is 0 Å². The monoisotopic (exact) mass is 390 g/mol. The van der Waals surface area contributed by atoms with E-state index in [-0.39, 0.29) is 24.7 Å². The number of amides is 2. The maximum absolute atomic E-state index is 12.4. The van der Waals surface area contributed by atoms with Crippen molar-refractivity contribution in [1.82, 2.24) is 10.6 Å². The summed E-state index contributed by atoms with van der Waals surface area (Å²) in [5.41, 5.74) is 16.0. The number of nitrogens with two attached hydrogens (primary N) is 3. The molecule has 0 bridgehead atoms. The highest BCUT2D eigenvalue weighted by Gasteiger charge is 2.27. The summed E-state index contributed by atoms with van der Waals surface area (Å²) >= 11 is 3.95. The topological polar surface area (TPSA) is 186 Å². The SMILES string of the molecule is CCCC[C@H](NC(=O)[C@@H](N)CS)C(=O)N[C@@H](CCCN=C(N)N)C(=O)O. The molecule has 0 fully saturated rings. The third-order valence-corrected chi connectivity index (χ3v) is 3.97. The second-order valence-electron chi connectivity index (χ2n) is 5.84. The smallest absolute Gasteiger partial charge is 0.326 e. The van der Waals surface area contributed by atoms with Gasteiger partial charge in [-0.1, -0.05) is 19.8 Å². The first kappa shape index (κ1) is 24.0. The third kappa shape index (κ3) is 10.1. The lowest BCUT2D eigenvalue weighted by Crippen LogP contribution is -2.54. The van der Waals surface area contributed by atoms with Gasteiger partial charge in [0.05, 0.1) is 6.04 Å². The van der Waals surface area contributed by atoms with Crippen molar-refractivity contribution in [3.8, 4) is 0 Å². The lowest BCUT2D eigenvalue weighted by molar-refractivity contribution is -0.142. The van der Waals surface area contributed by atoms with Gasteiger partial charge in [-0.25, -0.2) is 4.79 Å². The second kappa shape index (κ2) is 13.2. The molecule has 26 heavy (non-hydrogen) atoms. The molecule has 0 saturated heterocycles. The van der Waals surface area contributed by atoms with Crippen LogP contribution < -0.4 is 27.8 Å². The normalized spacial score (nSPS) is 14.0. The van der Waals surface area contributed by atoms with E-state index in [0.717, 1.165) is 6.42 Å². The van der Waals surface area contributed by atoms with Crippen LogP contribution in [0.3, 0.4) is 0 Å². The summed E-state index contributed by atoms with van der Waals surface area (Å²) in [6.45, 7) is 2.20. The van der Waals surface area contributed by atoms with Crippen molar-refractivity contribution in [2.45, 2.75) is 57.2 Å². The zero-order valence-electron chi connectivity index (χ0n) is 15.0. The molecule has 0 aromatic rings. The zero-order valence-corrected chi connectivity index (χ0v) is 15.9. The number of rotatable bonds is 13. The van der Waals surface area contributed by atoms with Crippen LogP contribution in [0.2, 0.25) is 0 Å². The molecule has 0 heterocycles. The Morgan fingerprint density at radius 1 is 1.08 bits per heavy atom. The number of carbonyl (C=O) groups excluding carboxylic acids is 2. The number of guanidine groups is 1. The number of nitrogens with one attached hydrogen (secondary N) is 2. The molecule has 0 aromatic heterocycles. The Kier molecular flexibility index (Phi) is 12.2. The van der Waals surface area contributed by atoms with Gasteiger partial charge in [0.15, 0.2) is 5.96 Å². The predicted octanol–water partition coefficient (Wildman–Crippen LogP) is -1.46. The first-order valence-corrected chi connectivity index (χ1v) is 9.11. The number of aliphatic imine (C=N–C) groups is 1. The van der Waals surface area contributed by atoms with Crippen molar-refractivity contribution in [3.05, 3.63) is 0 Å². The summed E-state index contributed by atoms with van der Waals surface area (Å²) in [7, 11) is 0. The molecule has 10 nitrogen and oxygen atoms in total. The van der Waals surface area contributed by atoms with Crippen LogP contribution in [0.4, 0.5) is 0 Å². The van der Waals surface area contributed by atoms with Gasteiger partial charge >= 0.3 is 5.97 Å². The maximum Gasteiger partial charge on any atom is 0.326 e. The van der Waals surface area contributed by atoms with Gasteiger partial charge in [-0.3, -0.25) is 14.6 Å². The third-order valence-electron chi connectivity index (χ3n) is 3.57. The zero-order chi connectivity index (χ0) is 20.1. The van der Waals surface area contributed by atoms with Crippen molar-refractivity contribution >= 4 is 36.4 Å². The molecule has 0 aromatic carbocycles. The van der Waals surface area contributed by atoms with E-state index >= 15 is 0 Å². The van der Waals surface area contributed by atoms with Gasteiger partial charge in [-0.2, -0.15) is 12.6 Å². The van der Waals surface area contributed by atoms with Crippen LogP contribution in [0.25, 0.3) is 0 Å². The largest absolute Gasteiger partial charge is 0.480 e. The molecule has 2 amide bonds. The minimum absolute atomic E-state index is 0.0798. The highest BCUT2D eigenvalue weighted by molar-refractivity contribution is 7.80. The molecular weight excluding hydrogens is 360 g/mol. The van der Waals surface area contributed by atoms with Crippen LogP contribution in [0, 0.1) is 0 Å². The van der Waals surface area contributed by atoms with Crippen molar-refractivity contribution < 1.29 is 19.5 Å². The number of nitrogens with zero attached hydrogens (tertiary/aromatic N) is 1. The summed E-state index contributed by atoms with van der Waals surface area (Å²) in [6.07, 6.45) is 2.43. The van der Waals surface area contributed by atoms with E-state index in [4.69, 9.17) is 17.2 Å². The van der Waals surface area contributed by atoms with Gasteiger partial charge < -0.3 is 32.9 Å². The number of carboxylic acid groups (broad SMARTS) is 1. The molecule has 0 aliphatic heterocycles. The summed E-state index contributed by atoms with van der Waals surface area (Å²) in [5.74, 6) is -2.18. The minimum Gasteiger partial charge on any atom is -0.480 e. The fourth-order valence-electron chi connectivity index (χ4n) is 2.07. The molecule has 0 unspecified atom stereocenters. The predicted molar refractivity (Wildman–Crippen MR) is 103 cm³/mol. The number of hydrogen-bond acceptors (Lipinski definition) is 6.